The highest BCUT2D eigenvalue weighted by Crippen LogP contribution is 2.39. The lowest BCUT2D eigenvalue weighted by Gasteiger charge is -2.25. The van der Waals surface area contributed by atoms with Gasteiger partial charge in [-0.2, -0.15) is 18.4 Å². The number of halogens is 3. The predicted octanol–water partition coefficient (Wildman–Crippen LogP) is 3.44. The minimum Gasteiger partial charge on any atom is -0.369 e. The molecule has 0 amide bonds. The highest BCUT2D eigenvalue weighted by molar-refractivity contribution is 5.60. The van der Waals surface area contributed by atoms with Gasteiger partial charge in [0.1, 0.15) is 24.0 Å². The number of nitriles is 1. The average Bonchev–Trinajstić information content (AvgIpc) is 3.43. The minimum absolute atomic E-state index is 0.177. The summed E-state index contributed by atoms with van der Waals surface area (Å²) in [7, 11) is 3.88. The van der Waals surface area contributed by atoms with Gasteiger partial charge in [-0.15, -0.1) is 0 Å². The monoisotopic (exact) mass is 442 g/mol. The third-order valence-electron chi connectivity index (χ3n) is 5.42. The number of anilines is 3. The molecular formula is C21H21F3N8. The molecule has 0 spiro atoms. The van der Waals surface area contributed by atoms with Gasteiger partial charge in [-0.1, -0.05) is 0 Å². The summed E-state index contributed by atoms with van der Waals surface area (Å²) in [5, 5.41) is 11.7. The van der Waals surface area contributed by atoms with Crippen LogP contribution in [0.3, 0.4) is 0 Å². The van der Waals surface area contributed by atoms with Gasteiger partial charge in [-0.25, -0.2) is 15.0 Å². The van der Waals surface area contributed by atoms with Gasteiger partial charge in [0.15, 0.2) is 5.69 Å². The average molecular weight is 442 g/mol. The summed E-state index contributed by atoms with van der Waals surface area (Å²) in [6.07, 6.45) is 2.01. The second-order valence-corrected chi connectivity index (χ2v) is 7.74. The third-order valence-corrected chi connectivity index (χ3v) is 5.42. The fraction of sp³-hybridized carbons (Fsp3) is 0.333. The van der Waals surface area contributed by atoms with Crippen LogP contribution in [0, 0.1) is 11.3 Å². The van der Waals surface area contributed by atoms with Crippen LogP contribution in [-0.4, -0.2) is 57.6 Å². The van der Waals surface area contributed by atoms with Crippen LogP contribution in [0.4, 0.5) is 30.5 Å². The highest BCUT2D eigenvalue weighted by Gasteiger charge is 2.37. The van der Waals surface area contributed by atoms with Crippen LogP contribution >= 0.6 is 0 Å². The van der Waals surface area contributed by atoms with Gasteiger partial charge >= 0.3 is 6.18 Å². The third kappa shape index (κ3) is 4.50. The molecule has 1 fully saturated rings. The topological polar surface area (TPSA) is 85.9 Å². The van der Waals surface area contributed by atoms with Crippen molar-refractivity contribution >= 4 is 17.3 Å². The van der Waals surface area contributed by atoms with E-state index >= 15 is 0 Å². The molecule has 0 bridgehead atoms. The molecule has 32 heavy (non-hydrogen) atoms. The number of nitrogens with zero attached hydrogens (tertiary/aromatic N) is 7. The van der Waals surface area contributed by atoms with Crippen molar-refractivity contribution in [2.45, 2.75) is 18.6 Å². The number of aromatic nitrogens is 4. The number of benzene rings is 1. The Hall–Kier alpha value is -3.65. The number of imidazole rings is 1. The van der Waals surface area contributed by atoms with E-state index in [4.69, 9.17) is 5.26 Å². The molecule has 0 saturated carbocycles. The summed E-state index contributed by atoms with van der Waals surface area (Å²) in [5.41, 5.74) is 0.0409. The number of hydrogen-bond donors (Lipinski definition) is 1. The molecule has 166 valence electrons. The molecular weight excluding hydrogens is 421 g/mol. The summed E-state index contributed by atoms with van der Waals surface area (Å²) in [4.78, 5) is 16.0. The fourth-order valence-corrected chi connectivity index (χ4v) is 3.68. The molecule has 3 aromatic rings. The van der Waals surface area contributed by atoms with Crippen molar-refractivity contribution in [3.05, 3.63) is 54.4 Å². The molecule has 4 rings (SSSR count). The second kappa shape index (κ2) is 8.47. The lowest BCUT2D eigenvalue weighted by atomic mass is 10.1. The van der Waals surface area contributed by atoms with Crippen molar-refractivity contribution in [3.8, 4) is 11.8 Å². The first-order chi connectivity index (χ1) is 15.2. The van der Waals surface area contributed by atoms with E-state index in [2.05, 4.69) is 20.3 Å². The molecule has 0 radical (unpaired) electrons. The van der Waals surface area contributed by atoms with Crippen LogP contribution in [0.5, 0.6) is 0 Å². The van der Waals surface area contributed by atoms with E-state index in [9.17, 15) is 13.2 Å². The molecule has 3 heterocycles. The van der Waals surface area contributed by atoms with Crippen molar-refractivity contribution in [1.82, 2.24) is 24.4 Å². The molecule has 11 heteroatoms. The van der Waals surface area contributed by atoms with Crippen molar-refractivity contribution in [2.75, 3.05) is 37.4 Å². The molecule has 1 atom stereocenters. The lowest BCUT2D eigenvalue weighted by molar-refractivity contribution is -0.137. The zero-order valence-corrected chi connectivity index (χ0v) is 17.5. The Kier molecular flexibility index (Phi) is 5.71. The van der Waals surface area contributed by atoms with Crippen LogP contribution in [0.25, 0.3) is 5.69 Å². The fourth-order valence-electron chi connectivity index (χ4n) is 3.68. The Bertz CT molecular complexity index is 1130. The summed E-state index contributed by atoms with van der Waals surface area (Å²) >= 11 is 0. The maximum atomic E-state index is 13.9. The van der Waals surface area contributed by atoms with Crippen LogP contribution in [0.15, 0.2) is 43.1 Å². The standard InChI is InChI=1S/C21H21F3N8/c1-30(2)16-5-6-31(11-16)18-4-3-15(7-17(18)21(22,23)24)32-12-20(28-13-32)29-19-10-26-14(8-25)9-27-19/h3-4,7,9-10,12-13,16H,5-6,11H2,1-2H3,(H,27,29). The highest BCUT2D eigenvalue weighted by atomic mass is 19.4. The van der Waals surface area contributed by atoms with E-state index in [1.54, 1.807) is 17.2 Å². The summed E-state index contributed by atoms with van der Waals surface area (Å²) in [5.74, 6) is 0.750. The summed E-state index contributed by atoms with van der Waals surface area (Å²) in [6.45, 7) is 1.14. The number of rotatable bonds is 5. The zero-order valence-electron chi connectivity index (χ0n) is 17.5. The first kappa shape index (κ1) is 21.6. The quantitative estimate of drug-likeness (QED) is 0.648. The first-order valence-corrected chi connectivity index (χ1v) is 9.91. The zero-order chi connectivity index (χ0) is 22.9. The molecule has 1 aliphatic heterocycles. The van der Waals surface area contributed by atoms with Crippen LogP contribution in [-0.2, 0) is 6.18 Å². The van der Waals surface area contributed by atoms with Crippen molar-refractivity contribution in [2.24, 2.45) is 0 Å². The van der Waals surface area contributed by atoms with E-state index < -0.39 is 11.7 Å². The van der Waals surface area contributed by atoms with Gasteiger partial charge in [0.05, 0.1) is 24.2 Å². The van der Waals surface area contributed by atoms with Gasteiger partial charge < -0.3 is 19.7 Å². The minimum atomic E-state index is -4.48. The summed E-state index contributed by atoms with van der Waals surface area (Å²) in [6, 6.07) is 6.42. The van der Waals surface area contributed by atoms with Crippen LogP contribution in [0.2, 0.25) is 0 Å². The molecule has 1 aliphatic rings. The largest absolute Gasteiger partial charge is 0.418 e. The van der Waals surface area contributed by atoms with Crippen LogP contribution < -0.4 is 10.2 Å². The SMILES string of the molecule is CN(C)C1CCN(c2ccc(-n3cnc(Nc4cnc(C#N)cn4)c3)cc2C(F)(F)F)C1. The van der Waals surface area contributed by atoms with E-state index in [0.29, 0.717) is 30.4 Å². The Morgan fingerprint density at radius 1 is 1.16 bits per heavy atom. The van der Waals surface area contributed by atoms with Crippen molar-refractivity contribution in [3.63, 3.8) is 0 Å². The van der Waals surface area contributed by atoms with Gasteiger partial charge in [-0.3, -0.25) is 0 Å². The number of likely N-dealkylation sites (N-methyl/N-ethyl adjacent to an activating group) is 1. The van der Waals surface area contributed by atoms with Crippen molar-refractivity contribution in [1.29, 1.82) is 5.26 Å². The van der Waals surface area contributed by atoms with E-state index in [0.717, 1.165) is 12.5 Å². The smallest absolute Gasteiger partial charge is 0.369 e. The van der Waals surface area contributed by atoms with Gasteiger partial charge in [-0.05, 0) is 38.7 Å². The van der Waals surface area contributed by atoms with E-state index in [1.165, 1.54) is 29.4 Å². The molecule has 0 aliphatic carbocycles. The Balaban J connectivity index is 1.58. The lowest BCUT2D eigenvalue weighted by Crippen LogP contribution is -2.32. The van der Waals surface area contributed by atoms with Crippen molar-refractivity contribution < 1.29 is 13.2 Å². The molecule has 2 aromatic heterocycles. The molecule has 8 nitrogen and oxygen atoms in total. The predicted molar refractivity (Wildman–Crippen MR) is 113 cm³/mol. The normalized spacial score (nSPS) is 16.4. The Morgan fingerprint density at radius 2 is 1.97 bits per heavy atom. The van der Waals surface area contributed by atoms with Gasteiger partial charge in [0, 0.05) is 30.5 Å². The summed E-state index contributed by atoms with van der Waals surface area (Å²) < 4.78 is 43.2. The molecule has 1 saturated heterocycles. The van der Waals surface area contributed by atoms with E-state index in [1.807, 2.05) is 25.1 Å². The maximum Gasteiger partial charge on any atom is 0.418 e. The Morgan fingerprint density at radius 3 is 2.59 bits per heavy atom. The number of alkyl halides is 3. The molecule has 1 aromatic carbocycles. The van der Waals surface area contributed by atoms with E-state index in [-0.39, 0.29) is 17.4 Å². The van der Waals surface area contributed by atoms with Crippen LogP contribution in [0.1, 0.15) is 17.7 Å². The maximum absolute atomic E-state index is 13.9. The number of hydrogen-bond acceptors (Lipinski definition) is 7. The van der Waals surface area contributed by atoms with Gasteiger partial charge in [0.2, 0.25) is 0 Å². The second-order valence-electron chi connectivity index (χ2n) is 7.74. The molecule has 1 unspecified atom stereocenters. The van der Waals surface area contributed by atoms with Gasteiger partial charge in [0.25, 0.3) is 0 Å². The first-order valence-electron chi connectivity index (χ1n) is 9.91. The number of nitrogens with one attached hydrogen (secondary N) is 1. The molecule has 1 N–H and O–H groups in total. The Labute approximate surface area is 182 Å².